The van der Waals surface area contributed by atoms with E-state index < -0.39 is 0 Å². The summed E-state index contributed by atoms with van der Waals surface area (Å²) in [5.74, 6) is -0.437. The number of hydrogen-bond acceptors (Lipinski definition) is 6. The Kier molecular flexibility index (Phi) is 8.59. The topological polar surface area (TPSA) is 56.3 Å². The van der Waals surface area contributed by atoms with Gasteiger partial charge in [0.05, 0.1) is 18.3 Å². The molecule has 2 fully saturated rings. The Labute approximate surface area is 213 Å². The van der Waals surface area contributed by atoms with Crippen molar-refractivity contribution in [3.63, 3.8) is 0 Å². The summed E-state index contributed by atoms with van der Waals surface area (Å²) in [6.07, 6.45) is 2.11. The lowest BCUT2D eigenvalue weighted by molar-refractivity contribution is -0.134. The van der Waals surface area contributed by atoms with E-state index >= 15 is 0 Å². The lowest BCUT2D eigenvalue weighted by Gasteiger charge is -2.37. The maximum absolute atomic E-state index is 14.6. The van der Waals surface area contributed by atoms with Gasteiger partial charge in [0.1, 0.15) is 5.82 Å². The molecule has 1 amide bonds. The molecule has 1 atom stereocenters. The molecule has 2 saturated heterocycles. The molecule has 7 nitrogen and oxygen atoms in total. The molecule has 2 aromatic carbocycles. The zero-order valence-corrected chi connectivity index (χ0v) is 21.6. The number of piperazine rings is 1. The Morgan fingerprint density at radius 3 is 2.36 bits per heavy atom. The van der Waals surface area contributed by atoms with Crippen LogP contribution in [0.2, 0.25) is 0 Å². The average molecular weight is 497 g/mol. The average Bonchev–Trinajstić information content (AvgIpc) is 3.37. The molecule has 2 aromatic rings. The van der Waals surface area contributed by atoms with Crippen LogP contribution in [0.15, 0.2) is 42.5 Å². The molecule has 0 spiro atoms. The zero-order chi connectivity index (χ0) is 25.7. The quantitative estimate of drug-likeness (QED) is 0.496. The van der Waals surface area contributed by atoms with E-state index in [-0.39, 0.29) is 23.6 Å². The van der Waals surface area contributed by atoms with Gasteiger partial charge >= 0.3 is 0 Å². The van der Waals surface area contributed by atoms with Crippen LogP contribution in [0.1, 0.15) is 35.7 Å². The molecule has 2 heterocycles. The minimum absolute atomic E-state index is 0.0904. The Morgan fingerprint density at radius 2 is 1.78 bits per heavy atom. The first-order valence-corrected chi connectivity index (χ1v) is 12.7. The number of hydrogen-bond donors (Lipinski definition) is 0. The molecule has 194 valence electrons. The van der Waals surface area contributed by atoms with Crippen molar-refractivity contribution in [3.8, 4) is 0 Å². The summed E-state index contributed by atoms with van der Waals surface area (Å²) in [4.78, 5) is 33.0. The summed E-state index contributed by atoms with van der Waals surface area (Å²) in [5, 5.41) is 0. The first-order valence-electron chi connectivity index (χ1n) is 12.7. The van der Waals surface area contributed by atoms with Gasteiger partial charge in [0.2, 0.25) is 5.91 Å². The van der Waals surface area contributed by atoms with Crippen molar-refractivity contribution < 1.29 is 18.7 Å². The van der Waals surface area contributed by atoms with E-state index in [1.165, 1.54) is 13.0 Å². The van der Waals surface area contributed by atoms with Gasteiger partial charge in [0.15, 0.2) is 5.78 Å². The minimum Gasteiger partial charge on any atom is -0.378 e. The van der Waals surface area contributed by atoms with Gasteiger partial charge in [-0.3, -0.25) is 14.5 Å². The summed E-state index contributed by atoms with van der Waals surface area (Å²) >= 11 is 0. The van der Waals surface area contributed by atoms with E-state index in [9.17, 15) is 14.0 Å². The SMILES string of the molecule is CC(=O)c1ccc(N2CCN(CC(=O)N(Cc3ccc(N(C)C)cc3)C[C@H]3CCCO3)CC2)c(F)c1. The summed E-state index contributed by atoms with van der Waals surface area (Å²) in [6, 6.07) is 13.0. The van der Waals surface area contributed by atoms with E-state index in [1.807, 2.05) is 23.9 Å². The van der Waals surface area contributed by atoms with Gasteiger partial charge in [-0.25, -0.2) is 4.39 Å². The van der Waals surface area contributed by atoms with Crippen LogP contribution in [-0.4, -0.2) is 87.6 Å². The fourth-order valence-corrected chi connectivity index (χ4v) is 4.83. The number of amides is 1. The number of anilines is 2. The summed E-state index contributed by atoms with van der Waals surface area (Å²) in [5.41, 5.74) is 3.11. The predicted molar refractivity (Wildman–Crippen MR) is 140 cm³/mol. The highest BCUT2D eigenvalue weighted by molar-refractivity contribution is 5.94. The predicted octanol–water partition coefficient (Wildman–Crippen LogP) is 3.42. The van der Waals surface area contributed by atoms with Crippen LogP contribution < -0.4 is 9.80 Å². The number of rotatable bonds is 9. The first kappa shape index (κ1) is 26.1. The minimum atomic E-state index is -0.379. The molecule has 0 aromatic heterocycles. The highest BCUT2D eigenvalue weighted by Crippen LogP contribution is 2.23. The van der Waals surface area contributed by atoms with Crippen LogP contribution >= 0.6 is 0 Å². The fourth-order valence-electron chi connectivity index (χ4n) is 4.83. The molecule has 0 aliphatic carbocycles. The molecule has 0 saturated carbocycles. The van der Waals surface area contributed by atoms with Gasteiger partial charge in [-0.15, -0.1) is 0 Å². The van der Waals surface area contributed by atoms with Gasteiger partial charge in [-0.1, -0.05) is 12.1 Å². The Morgan fingerprint density at radius 1 is 1.06 bits per heavy atom. The van der Waals surface area contributed by atoms with Crippen molar-refractivity contribution >= 4 is 23.1 Å². The number of benzene rings is 2. The van der Waals surface area contributed by atoms with Crippen LogP contribution in [0.5, 0.6) is 0 Å². The third-order valence-corrected chi connectivity index (χ3v) is 7.05. The van der Waals surface area contributed by atoms with Crippen molar-refractivity contribution in [1.29, 1.82) is 0 Å². The molecule has 8 heteroatoms. The van der Waals surface area contributed by atoms with Crippen LogP contribution in [0, 0.1) is 5.82 Å². The Bertz CT molecular complexity index is 1050. The summed E-state index contributed by atoms with van der Waals surface area (Å²) < 4.78 is 20.4. The lowest BCUT2D eigenvalue weighted by Crippen LogP contribution is -2.51. The molecule has 0 unspecified atom stereocenters. The van der Waals surface area contributed by atoms with Crippen molar-refractivity contribution in [1.82, 2.24) is 9.80 Å². The molecule has 4 rings (SSSR count). The number of halogens is 1. The second kappa shape index (κ2) is 11.8. The number of carbonyl (C=O) groups is 2. The van der Waals surface area contributed by atoms with Gasteiger partial charge in [-0.2, -0.15) is 0 Å². The van der Waals surface area contributed by atoms with Crippen molar-refractivity contribution in [3.05, 3.63) is 59.4 Å². The lowest BCUT2D eigenvalue weighted by atomic mass is 10.1. The Balaban J connectivity index is 1.36. The van der Waals surface area contributed by atoms with Crippen molar-refractivity contribution in [2.75, 3.05) is 69.8 Å². The highest BCUT2D eigenvalue weighted by Gasteiger charge is 2.26. The maximum atomic E-state index is 14.6. The van der Waals surface area contributed by atoms with E-state index in [1.54, 1.807) is 12.1 Å². The Hall–Kier alpha value is -2.97. The third kappa shape index (κ3) is 6.62. The molecular weight excluding hydrogens is 459 g/mol. The fraction of sp³-hybridized carbons (Fsp3) is 0.500. The summed E-state index contributed by atoms with van der Waals surface area (Å²) in [6.45, 7) is 6.28. The van der Waals surface area contributed by atoms with E-state index in [2.05, 4.69) is 34.1 Å². The first-order chi connectivity index (χ1) is 17.3. The molecule has 0 bridgehead atoms. The number of carbonyl (C=O) groups excluding carboxylic acids is 2. The number of nitrogens with zero attached hydrogens (tertiary/aromatic N) is 4. The van der Waals surface area contributed by atoms with Crippen LogP contribution in [0.25, 0.3) is 0 Å². The number of ketones is 1. The molecule has 0 radical (unpaired) electrons. The van der Waals surface area contributed by atoms with Crippen LogP contribution in [0.3, 0.4) is 0 Å². The largest absolute Gasteiger partial charge is 0.378 e. The van der Waals surface area contributed by atoms with E-state index in [0.717, 1.165) is 30.7 Å². The molecule has 36 heavy (non-hydrogen) atoms. The normalized spacial score (nSPS) is 18.3. The van der Waals surface area contributed by atoms with Crippen LogP contribution in [-0.2, 0) is 16.1 Å². The number of Topliss-reactive ketones (excluding diaryl/α,β-unsaturated/α-hetero) is 1. The third-order valence-electron chi connectivity index (χ3n) is 7.05. The molecule has 0 N–H and O–H groups in total. The van der Waals surface area contributed by atoms with Crippen LogP contribution in [0.4, 0.5) is 15.8 Å². The maximum Gasteiger partial charge on any atom is 0.237 e. The monoisotopic (exact) mass is 496 g/mol. The van der Waals surface area contributed by atoms with Gasteiger partial charge in [-0.05, 0) is 55.7 Å². The number of ether oxygens (including phenoxy) is 1. The molecule has 2 aliphatic rings. The van der Waals surface area contributed by atoms with Gasteiger partial charge < -0.3 is 19.4 Å². The highest BCUT2D eigenvalue weighted by atomic mass is 19.1. The standard InChI is InChI=1S/C28H37FN4O3/c1-21(34)23-8-11-27(26(29)17-23)32-14-12-31(13-15-32)20-28(35)33(19-25-5-4-16-36-25)18-22-6-9-24(10-7-22)30(2)3/h6-11,17,25H,4-5,12-16,18-20H2,1-3H3/t25-/m1/s1. The smallest absolute Gasteiger partial charge is 0.237 e. The van der Waals surface area contributed by atoms with E-state index in [0.29, 0.717) is 57.1 Å². The van der Waals surface area contributed by atoms with Crippen molar-refractivity contribution in [2.24, 2.45) is 0 Å². The second-order valence-corrected chi connectivity index (χ2v) is 9.96. The van der Waals surface area contributed by atoms with Gasteiger partial charge in [0.25, 0.3) is 0 Å². The molecular formula is C28H37FN4O3. The van der Waals surface area contributed by atoms with E-state index in [4.69, 9.17) is 4.74 Å². The molecule has 2 aliphatic heterocycles. The zero-order valence-electron chi connectivity index (χ0n) is 21.6. The van der Waals surface area contributed by atoms with Gasteiger partial charge in [0, 0.05) is 71.2 Å². The second-order valence-electron chi connectivity index (χ2n) is 9.96. The summed E-state index contributed by atoms with van der Waals surface area (Å²) in [7, 11) is 4.02. The van der Waals surface area contributed by atoms with Crippen molar-refractivity contribution in [2.45, 2.75) is 32.4 Å².